The third-order valence-electron chi connectivity index (χ3n) is 5.77. The van der Waals surface area contributed by atoms with Gasteiger partial charge in [-0.2, -0.15) is 4.31 Å². The van der Waals surface area contributed by atoms with E-state index in [-0.39, 0.29) is 17.3 Å². The van der Waals surface area contributed by atoms with Crippen molar-refractivity contribution in [2.24, 2.45) is 0 Å². The van der Waals surface area contributed by atoms with E-state index in [1.807, 2.05) is 12.1 Å². The molecule has 4 rings (SSSR count). The normalized spacial score (nSPS) is 20.6. The smallest absolute Gasteiger partial charge is 0.245 e. The number of carbonyl (C=O) groups is 1. The molecule has 8 heteroatoms. The van der Waals surface area contributed by atoms with E-state index in [0.29, 0.717) is 18.8 Å². The maximum atomic E-state index is 13.4. The number of benzene rings is 2. The summed E-state index contributed by atoms with van der Waals surface area (Å²) in [5, 5.41) is 0. The fourth-order valence-corrected chi connectivity index (χ4v) is 5.78. The third kappa shape index (κ3) is 4.08. The van der Waals surface area contributed by atoms with Crippen LogP contribution in [0.5, 0.6) is 5.75 Å². The van der Waals surface area contributed by atoms with E-state index in [2.05, 4.69) is 4.90 Å². The summed E-state index contributed by atoms with van der Waals surface area (Å²) in [5.74, 6) is 0.646. The van der Waals surface area contributed by atoms with Crippen LogP contribution in [-0.4, -0.2) is 68.3 Å². The van der Waals surface area contributed by atoms with Gasteiger partial charge in [0.2, 0.25) is 15.9 Å². The van der Waals surface area contributed by atoms with E-state index in [9.17, 15) is 13.2 Å². The second kappa shape index (κ2) is 8.75. The van der Waals surface area contributed by atoms with Gasteiger partial charge in [-0.1, -0.05) is 30.3 Å². The molecule has 160 valence electrons. The lowest BCUT2D eigenvalue weighted by Gasteiger charge is -2.31. The summed E-state index contributed by atoms with van der Waals surface area (Å²) in [4.78, 5) is 17.2. The minimum Gasteiger partial charge on any atom is -0.497 e. The summed E-state index contributed by atoms with van der Waals surface area (Å²) in [7, 11) is -2.16. The van der Waals surface area contributed by atoms with E-state index in [4.69, 9.17) is 4.74 Å². The van der Waals surface area contributed by atoms with Gasteiger partial charge < -0.3 is 9.64 Å². The second-order valence-corrected chi connectivity index (χ2v) is 9.54. The maximum Gasteiger partial charge on any atom is 0.245 e. The average Bonchev–Trinajstić information content (AvgIpc) is 3.44. The van der Waals surface area contributed by atoms with Crippen molar-refractivity contribution < 1.29 is 17.9 Å². The maximum absolute atomic E-state index is 13.4. The highest BCUT2D eigenvalue weighted by molar-refractivity contribution is 7.89. The van der Waals surface area contributed by atoms with Crippen molar-refractivity contribution in [3.63, 3.8) is 0 Å². The number of carbonyl (C=O) groups excluding carboxylic acids is 1. The lowest BCUT2D eigenvalue weighted by atomic mass is 10.1. The van der Waals surface area contributed by atoms with Crippen molar-refractivity contribution in [3.8, 4) is 5.75 Å². The average molecular weight is 430 g/mol. The molecule has 2 aromatic carbocycles. The van der Waals surface area contributed by atoms with E-state index in [1.165, 1.54) is 4.31 Å². The first-order valence-electron chi connectivity index (χ1n) is 10.2. The molecule has 2 fully saturated rings. The van der Waals surface area contributed by atoms with Crippen LogP contribution in [0.2, 0.25) is 0 Å². The summed E-state index contributed by atoms with van der Waals surface area (Å²) < 4.78 is 33.5. The number of likely N-dealkylation sites (tertiary alicyclic amines) is 1. The first kappa shape index (κ1) is 20.8. The Bertz CT molecular complexity index is 973. The number of nitrogens with zero attached hydrogens (tertiary/aromatic N) is 3. The standard InChI is InChI=1S/C22H27N3O4S/c1-29-19-11-9-18(10-12-19)22-24(21(26)17-23-13-5-6-14-23)15-16-25(22)30(27,28)20-7-3-2-4-8-20/h2-4,7-12,22H,5-6,13-17H2,1H3/t22-/m1/s1. The number of ether oxygens (including phenoxy) is 1. The highest BCUT2D eigenvalue weighted by atomic mass is 32.2. The first-order valence-corrected chi connectivity index (χ1v) is 11.7. The summed E-state index contributed by atoms with van der Waals surface area (Å²) in [6, 6.07) is 15.6. The molecular weight excluding hydrogens is 402 g/mol. The van der Waals surface area contributed by atoms with Crippen LogP contribution < -0.4 is 4.74 Å². The number of methoxy groups -OCH3 is 1. The minimum atomic E-state index is -3.75. The molecule has 0 bridgehead atoms. The van der Waals surface area contributed by atoms with Crippen LogP contribution in [0.25, 0.3) is 0 Å². The summed E-state index contributed by atoms with van der Waals surface area (Å²) in [6.45, 7) is 2.79. The molecule has 2 heterocycles. The molecule has 0 aliphatic carbocycles. The van der Waals surface area contributed by atoms with Gasteiger partial charge in [0.05, 0.1) is 18.6 Å². The van der Waals surface area contributed by atoms with Gasteiger partial charge in [-0.15, -0.1) is 0 Å². The fraction of sp³-hybridized carbons (Fsp3) is 0.409. The molecular formula is C22H27N3O4S. The molecule has 2 aliphatic rings. The van der Waals surface area contributed by atoms with Gasteiger partial charge in [-0.3, -0.25) is 9.69 Å². The Morgan fingerprint density at radius 2 is 1.63 bits per heavy atom. The topological polar surface area (TPSA) is 70.2 Å². The molecule has 2 aliphatic heterocycles. The summed E-state index contributed by atoms with van der Waals surface area (Å²) in [5.41, 5.74) is 0.752. The van der Waals surface area contributed by atoms with Crippen LogP contribution in [0.3, 0.4) is 0 Å². The van der Waals surface area contributed by atoms with Crippen LogP contribution in [0.15, 0.2) is 59.5 Å². The quantitative estimate of drug-likeness (QED) is 0.705. The number of rotatable bonds is 6. The fourth-order valence-electron chi connectivity index (χ4n) is 4.19. The Hall–Kier alpha value is -2.42. The predicted molar refractivity (Wildman–Crippen MR) is 113 cm³/mol. The summed E-state index contributed by atoms with van der Waals surface area (Å²) in [6.07, 6.45) is 1.53. The number of hydrogen-bond donors (Lipinski definition) is 0. The SMILES string of the molecule is COc1ccc([C@@H]2N(C(=O)CN3CCCC3)CCN2S(=O)(=O)c2ccccc2)cc1. The van der Waals surface area contributed by atoms with Gasteiger partial charge in [0, 0.05) is 13.1 Å². The molecule has 7 nitrogen and oxygen atoms in total. The predicted octanol–water partition coefficient (Wildman–Crippen LogP) is 2.32. The van der Waals surface area contributed by atoms with Crippen molar-refractivity contribution in [2.75, 3.05) is 39.8 Å². The van der Waals surface area contributed by atoms with Crippen molar-refractivity contribution in [2.45, 2.75) is 23.9 Å². The van der Waals surface area contributed by atoms with Crippen LogP contribution in [-0.2, 0) is 14.8 Å². The van der Waals surface area contributed by atoms with Gasteiger partial charge in [-0.05, 0) is 55.8 Å². The lowest BCUT2D eigenvalue weighted by Crippen LogP contribution is -2.42. The van der Waals surface area contributed by atoms with E-state index < -0.39 is 16.2 Å². The lowest BCUT2D eigenvalue weighted by molar-refractivity contribution is -0.134. The molecule has 0 unspecified atom stereocenters. The van der Waals surface area contributed by atoms with Crippen LogP contribution in [0, 0.1) is 0 Å². The monoisotopic (exact) mass is 429 g/mol. The van der Waals surface area contributed by atoms with Crippen molar-refractivity contribution in [1.29, 1.82) is 0 Å². The molecule has 0 spiro atoms. The van der Waals surface area contributed by atoms with Gasteiger partial charge in [0.1, 0.15) is 11.9 Å². The highest BCUT2D eigenvalue weighted by Crippen LogP contribution is 2.35. The van der Waals surface area contributed by atoms with E-state index in [0.717, 1.165) is 31.5 Å². The van der Waals surface area contributed by atoms with Crippen LogP contribution in [0.4, 0.5) is 0 Å². The summed E-state index contributed by atoms with van der Waals surface area (Å²) >= 11 is 0. The Labute approximate surface area is 177 Å². The van der Waals surface area contributed by atoms with Gasteiger partial charge in [-0.25, -0.2) is 8.42 Å². The molecule has 1 atom stereocenters. The van der Waals surface area contributed by atoms with Gasteiger partial charge >= 0.3 is 0 Å². The Kier molecular flexibility index (Phi) is 6.08. The zero-order valence-corrected chi connectivity index (χ0v) is 17.9. The molecule has 0 saturated carbocycles. The molecule has 0 N–H and O–H groups in total. The number of sulfonamides is 1. The molecule has 2 aromatic rings. The number of hydrogen-bond acceptors (Lipinski definition) is 5. The van der Waals surface area contributed by atoms with Crippen molar-refractivity contribution >= 4 is 15.9 Å². The molecule has 30 heavy (non-hydrogen) atoms. The largest absolute Gasteiger partial charge is 0.497 e. The zero-order valence-electron chi connectivity index (χ0n) is 17.1. The molecule has 0 radical (unpaired) electrons. The van der Waals surface area contributed by atoms with Gasteiger partial charge in [0.25, 0.3) is 0 Å². The minimum absolute atomic E-state index is 0.0384. The van der Waals surface area contributed by atoms with E-state index >= 15 is 0 Å². The number of amides is 1. The Balaban J connectivity index is 1.67. The Morgan fingerprint density at radius 1 is 0.967 bits per heavy atom. The molecule has 0 aromatic heterocycles. The van der Waals surface area contributed by atoms with Crippen LogP contribution in [0.1, 0.15) is 24.6 Å². The first-order chi connectivity index (χ1) is 14.5. The Morgan fingerprint density at radius 3 is 2.27 bits per heavy atom. The third-order valence-corrected chi connectivity index (χ3v) is 7.64. The van der Waals surface area contributed by atoms with Crippen molar-refractivity contribution in [1.82, 2.24) is 14.1 Å². The van der Waals surface area contributed by atoms with Crippen molar-refractivity contribution in [3.05, 3.63) is 60.2 Å². The second-order valence-electron chi connectivity index (χ2n) is 7.65. The molecule has 2 saturated heterocycles. The van der Waals surface area contributed by atoms with Gasteiger partial charge in [0.15, 0.2) is 0 Å². The highest BCUT2D eigenvalue weighted by Gasteiger charge is 2.43. The zero-order chi connectivity index (χ0) is 21.1. The van der Waals surface area contributed by atoms with Crippen LogP contribution >= 0.6 is 0 Å². The van der Waals surface area contributed by atoms with E-state index in [1.54, 1.807) is 54.5 Å². The molecule has 1 amide bonds.